The molecule has 12 heteroatoms. The van der Waals surface area contributed by atoms with Crippen LogP contribution in [0.15, 0.2) is 486 Å². The van der Waals surface area contributed by atoms with Crippen molar-refractivity contribution in [2.24, 2.45) is 0 Å². The van der Waals surface area contributed by atoms with E-state index in [1.807, 2.05) is 97.8 Å². The summed E-state index contributed by atoms with van der Waals surface area (Å²) in [5.41, 5.74) is 31.0. The second-order valence-electron chi connectivity index (χ2n) is 34.5. The number of nitrogens with zero attached hydrogens (tertiary/aromatic N) is 12. The number of fused-ring (bicyclic) bond motifs is 19. The molecular formula is C124H80N12. The fourth-order valence-electron chi connectivity index (χ4n) is 20.9. The van der Waals surface area contributed by atoms with Crippen LogP contribution in [0, 0.1) is 0 Å². The van der Waals surface area contributed by atoms with Crippen molar-refractivity contribution in [1.82, 2.24) is 57.3 Å². The second-order valence-corrected chi connectivity index (χ2v) is 34.5. The molecule has 0 bridgehead atoms. The lowest BCUT2D eigenvalue weighted by atomic mass is 9.98. The minimum absolute atomic E-state index is 0.579. The van der Waals surface area contributed by atoms with Gasteiger partial charge in [-0.25, -0.2) is 4.98 Å². The summed E-state index contributed by atoms with van der Waals surface area (Å²) in [7, 11) is 0. The predicted molar refractivity (Wildman–Crippen MR) is 562 cm³/mol. The highest BCUT2D eigenvalue weighted by molar-refractivity contribution is 6.21. The highest BCUT2D eigenvalue weighted by atomic mass is 15.2. The van der Waals surface area contributed by atoms with Crippen LogP contribution < -0.4 is 0 Å². The maximum Gasteiger partial charge on any atom is 0.238 e. The topological polar surface area (TPSA) is 107 Å². The average molecular weight is 1740 g/mol. The van der Waals surface area contributed by atoms with E-state index in [0.717, 1.165) is 105 Å². The summed E-state index contributed by atoms with van der Waals surface area (Å²) in [5.74, 6) is 1.84. The Morgan fingerprint density at radius 1 is 0.154 bits per heavy atom. The lowest BCUT2D eigenvalue weighted by molar-refractivity contribution is 0.953. The normalized spacial score (nSPS) is 11.7. The van der Waals surface area contributed by atoms with Crippen molar-refractivity contribution in [2.75, 3.05) is 0 Å². The molecule has 0 aliphatic heterocycles. The van der Waals surface area contributed by atoms with Gasteiger partial charge in [-0.2, -0.15) is 9.97 Å². The zero-order valence-electron chi connectivity index (χ0n) is 73.6. The molecule has 0 N–H and O–H groups in total. The smallest absolute Gasteiger partial charge is 0.238 e. The van der Waals surface area contributed by atoms with Crippen LogP contribution in [0.3, 0.4) is 0 Å². The number of hydrogen-bond donors (Lipinski definition) is 0. The van der Waals surface area contributed by atoms with Crippen LogP contribution >= 0.6 is 0 Å². The summed E-state index contributed by atoms with van der Waals surface area (Å²) in [6, 6.07) is 159. The Labute approximate surface area is 781 Å². The number of pyridine rings is 3. The van der Waals surface area contributed by atoms with Crippen LogP contribution in [0.2, 0.25) is 0 Å². The van der Waals surface area contributed by atoms with Gasteiger partial charge in [0, 0.05) is 141 Å². The number of rotatable bonds is 12. The van der Waals surface area contributed by atoms with Crippen LogP contribution in [0.4, 0.5) is 0 Å². The van der Waals surface area contributed by atoms with Gasteiger partial charge in [0.15, 0.2) is 11.6 Å². The summed E-state index contributed by atoms with van der Waals surface area (Å²) in [5, 5.41) is 16.8. The van der Waals surface area contributed by atoms with E-state index in [4.69, 9.17) is 15.0 Å². The molecule has 0 fully saturated rings. The molecule has 28 rings (SSSR count). The van der Waals surface area contributed by atoms with E-state index in [9.17, 15) is 0 Å². The fourth-order valence-corrected chi connectivity index (χ4v) is 20.9. The molecule has 636 valence electrons. The van der Waals surface area contributed by atoms with Crippen LogP contribution in [-0.2, 0) is 0 Å². The first-order valence-electron chi connectivity index (χ1n) is 45.9. The van der Waals surface area contributed by atoms with Crippen molar-refractivity contribution in [3.63, 3.8) is 0 Å². The molecule has 10 heterocycles. The molecule has 10 aromatic heterocycles. The maximum atomic E-state index is 5.09. The third-order valence-electron chi connectivity index (χ3n) is 26.9. The molecule has 0 spiro atoms. The van der Waals surface area contributed by atoms with Gasteiger partial charge in [0.25, 0.3) is 0 Å². The molecule has 0 saturated heterocycles. The molecule has 28 aromatic rings. The summed E-state index contributed by atoms with van der Waals surface area (Å²) in [6.45, 7) is 0. The minimum atomic E-state index is 0.579. The molecular weight excluding hydrogens is 1660 g/mol. The summed E-state index contributed by atoms with van der Waals surface area (Å²) >= 11 is 0. The minimum Gasteiger partial charge on any atom is -0.309 e. The van der Waals surface area contributed by atoms with Crippen molar-refractivity contribution < 1.29 is 0 Å². The van der Waals surface area contributed by atoms with Gasteiger partial charge >= 0.3 is 0 Å². The van der Waals surface area contributed by atoms with Crippen LogP contribution in [-0.4, -0.2) is 57.3 Å². The quantitative estimate of drug-likeness (QED) is 0.121. The molecule has 0 amide bonds. The lowest BCUT2D eigenvalue weighted by Gasteiger charge is -2.11. The van der Waals surface area contributed by atoms with Crippen molar-refractivity contribution in [3.8, 4) is 102 Å². The highest BCUT2D eigenvalue weighted by Crippen LogP contribution is 2.47. The SMILES string of the molecule is c1ccc(-c2ccc(-n3c4ccccc4c4cc(-c5cccc6c5c5cnccc5n6-c5ccccc5)ccc43)cc2)cc1.c1ccc(-c2nc(-c3ccccc3)nc(-n3c4ccccc4c4cc(-c5cccc6c5c5cnccc5n6-c5ccccc5)ccc43)n2)cc1.c1ccc(-n2c3ccncc3c3c(-c4ccc5c(c4)c4ccccc4n5-c4ccc5ccccc5c4)cccc32)cc1. The number of benzene rings is 18. The van der Waals surface area contributed by atoms with E-state index in [2.05, 4.69) is 431 Å². The van der Waals surface area contributed by atoms with Crippen LogP contribution in [0.1, 0.15) is 0 Å². The zero-order chi connectivity index (χ0) is 89.7. The predicted octanol–water partition coefficient (Wildman–Crippen LogP) is 31.2. The Hall–Kier alpha value is -18.5. The largest absolute Gasteiger partial charge is 0.309 e. The van der Waals surface area contributed by atoms with Crippen molar-refractivity contribution in [1.29, 1.82) is 0 Å². The van der Waals surface area contributed by atoms with Crippen molar-refractivity contribution >= 4 is 142 Å². The molecule has 18 aromatic carbocycles. The monoisotopic (exact) mass is 1740 g/mol. The first kappa shape index (κ1) is 78.5. The number of para-hydroxylation sites is 6. The summed E-state index contributed by atoms with van der Waals surface area (Å²) < 4.78 is 14.0. The van der Waals surface area contributed by atoms with E-state index in [-0.39, 0.29) is 0 Å². The zero-order valence-corrected chi connectivity index (χ0v) is 73.6. The Bertz CT molecular complexity index is 9470. The van der Waals surface area contributed by atoms with Crippen LogP contribution in [0.5, 0.6) is 0 Å². The van der Waals surface area contributed by atoms with E-state index in [1.54, 1.807) is 0 Å². The third-order valence-corrected chi connectivity index (χ3v) is 26.9. The van der Waals surface area contributed by atoms with E-state index < -0.39 is 0 Å². The first-order chi connectivity index (χ1) is 67.5. The molecule has 0 atom stereocenters. The summed E-state index contributed by atoms with van der Waals surface area (Å²) in [4.78, 5) is 28.7. The van der Waals surface area contributed by atoms with Gasteiger partial charge in [0.05, 0.1) is 66.2 Å². The maximum absolute atomic E-state index is 5.09. The van der Waals surface area contributed by atoms with Gasteiger partial charge in [-0.3, -0.25) is 19.5 Å². The third kappa shape index (κ3) is 13.2. The summed E-state index contributed by atoms with van der Waals surface area (Å²) in [6.07, 6.45) is 11.6. The molecule has 0 unspecified atom stereocenters. The van der Waals surface area contributed by atoms with Gasteiger partial charge in [0.2, 0.25) is 5.95 Å². The Morgan fingerprint density at radius 3 is 0.853 bits per heavy atom. The van der Waals surface area contributed by atoms with Crippen LogP contribution in [0.25, 0.3) is 243 Å². The lowest BCUT2D eigenvalue weighted by Crippen LogP contribution is -2.06. The Kier molecular flexibility index (Phi) is 19.0. The molecule has 12 nitrogen and oxygen atoms in total. The Balaban J connectivity index is 0.000000106. The van der Waals surface area contributed by atoms with E-state index >= 15 is 0 Å². The van der Waals surface area contributed by atoms with E-state index in [0.29, 0.717) is 17.6 Å². The molecule has 136 heavy (non-hydrogen) atoms. The van der Waals surface area contributed by atoms with Gasteiger partial charge in [0.1, 0.15) is 0 Å². The fraction of sp³-hybridized carbons (Fsp3) is 0. The van der Waals surface area contributed by atoms with E-state index in [1.165, 1.54) is 121 Å². The van der Waals surface area contributed by atoms with Crippen molar-refractivity contribution in [2.45, 2.75) is 0 Å². The van der Waals surface area contributed by atoms with Gasteiger partial charge in [-0.05, 0) is 207 Å². The Morgan fingerprint density at radius 2 is 0.441 bits per heavy atom. The molecule has 0 saturated carbocycles. The highest BCUT2D eigenvalue weighted by Gasteiger charge is 2.26. The van der Waals surface area contributed by atoms with Crippen molar-refractivity contribution in [3.05, 3.63) is 486 Å². The van der Waals surface area contributed by atoms with Gasteiger partial charge in [-0.1, -0.05) is 297 Å². The average Bonchev–Trinajstić information content (AvgIpc) is 1.58. The first-order valence-corrected chi connectivity index (χ1v) is 45.9. The van der Waals surface area contributed by atoms with Gasteiger partial charge < -0.3 is 22.8 Å². The number of aromatic nitrogens is 12. The molecule has 0 aliphatic rings. The van der Waals surface area contributed by atoms with Gasteiger partial charge in [-0.15, -0.1) is 0 Å². The standard InChI is InChI=1S/C44H28N6.C41H27N3.C39H25N3/c1-4-13-29(14-5-1)42-46-43(30-15-6-2-7-16-30)48-44(47-42)50-37-21-11-10-19-34(37)35-27-31(23-24-38(35)50)33-20-12-22-40-41(33)36-28-45-26-25-39(36)49(40)32-17-8-3-9-18-32;1-3-10-28(11-4-1)29-18-21-32(22-19-29)43-37-16-8-7-14-34(37)35-26-30(20-23-38(35)43)33-15-9-17-40-41(33)36-27-42-25-24-39(36)44(40)31-12-5-2-6-13-31;1-2-11-29(12-3-1)41-37-21-22-40-25-34(37)39-31(14-8-16-38(39)41)28-18-20-36-33(24-28)32-13-6-7-15-35(32)42(36)30-19-17-26-9-4-5-10-27(26)23-30/h1-28H;1-27H;1-25H. The number of hydrogen-bond acceptors (Lipinski definition) is 6. The second kappa shape index (κ2) is 32.8. The molecule has 0 radical (unpaired) electrons. The molecule has 0 aliphatic carbocycles.